The first-order chi connectivity index (χ1) is 15.4. The molecule has 2 aliphatic heterocycles. The lowest BCUT2D eigenvalue weighted by atomic mass is 9.71. The first kappa shape index (κ1) is 22.5. The van der Waals surface area contributed by atoms with Crippen LogP contribution in [0.25, 0.3) is 6.08 Å². The number of fused-ring (bicyclic) bond motifs is 1. The Morgan fingerprint density at radius 3 is 2.69 bits per heavy atom. The Kier molecular flexibility index (Phi) is 6.66. The van der Waals surface area contributed by atoms with Crippen molar-refractivity contribution in [2.75, 3.05) is 18.4 Å². The topological polar surface area (TPSA) is 82.2 Å². The maximum atomic E-state index is 13.6. The highest BCUT2D eigenvalue weighted by Gasteiger charge is 2.42. The van der Waals surface area contributed by atoms with Crippen molar-refractivity contribution in [3.63, 3.8) is 0 Å². The molecule has 0 amide bonds. The minimum absolute atomic E-state index is 0.0401. The molecule has 4 rings (SSSR count). The van der Waals surface area contributed by atoms with Gasteiger partial charge >= 0.3 is 0 Å². The zero-order chi connectivity index (χ0) is 22.7. The molecule has 170 valence electrons. The SMILES string of the molecule is CC1CCC(C)N1CCCCCC1(C(=N)N)C=CC=C(C2=Cc3ccccc3NC2)C1=O. The van der Waals surface area contributed by atoms with Gasteiger partial charge in [0.2, 0.25) is 0 Å². The smallest absolute Gasteiger partial charge is 0.180 e. The van der Waals surface area contributed by atoms with Gasteiger partial charge in [0, 0.05) is 29.9 Å². The normalized spacial score (nSPS) is 27.5. The molecule has 2 heterocycles. The fourth-order valence-electron chi connectivity index (χ4n) is 5.45. The molecule has 5 nitrogen and oxygen atoms in total. The van der Waals surface area contributed by atoms with Gasteiger partial charge in [-0.1, -0.05) is 49.3 Å². The van der Waals surface area contributed by atoms with Crippen molar-refractivity contribution in [3.8, 4) is 0 Å². The number of rotatable bonds is 8. The number of nitrogens with zero attached hydrogens (tertiary/aromatic N) is 1. The number of likely N-dealkylation sites (tertiary alicyclic amines) is 1. The molecule has 4 N–H and O–H groups in total. The van der Waals surface area contributed by atoms with Crippen LogP contribution in [0.15, 0.2) is 53.6 Å². The molecule has 1 aromatic carbocycles. The molecule has 0 bridgehead atoms. The molecule has 0 spiro atoms. The Bertz CT molecular complexity index is 966. The van der Waals surface area contributed by atoms with Crippen LogP contribution in [0, 0.1) is 10.8 Å². The van der Waals surface area contributed by atoms with Crippen molar-refractivity contribution in [2.45, 2.75) is 64.5 Å². The van der Waals surface area contributed by atoms with E-state index in [4.69, 9.17) is 11.1 Å². The fourth-order valence-corrected chi connectivity index (χ4v) is 5.45. The minimum atomic E-state index is -1.02. The number of nitrogens with two attached hydrogens (primary N) is 1. The number of unbranched alkanes of at least 4 members (excludes halogenated alkanes) is 2. The molecule has 1 fully saturated rings. The van der Waals surface area contributed by atoms with E-state index in [9.17, 15) is 4.79 Å². The molecule has 3 unspecified atom stereocenters. The van der Waals surface area contributed by atoms with Crippen LogP contribution in [0.1, 0.15) is 57.9 Å². The summed E-state index contributed by atoms with van der Waals surface area (Å²) in [7, 11) is 0. The Morgan fingerprint density at radius 2 is 1.94 bits per heavy atom. The summed E-state index contributed by atoms with van der Waals surface area (Å²) in [6.45, 7) is 6.35. The number of benzene rings is 1. The number of Topliss-reactive ketones (excluding diaryl/α,β-unsaturated/α-hetero) is 1. The molecule has 1 aromatic rings. The summed E-state index contributed by atoms with van der Waals surface area (Å²) in [4.78, 5) is 16.2. The van der Waals surface area contributed by atoms with Crippen molar-refractivity contribution in [1.29, 1.82) is 5.41 Å². The van der Waals surface area contributed by atoms with Gasteiger partial charge in [-0.05, 0) is 69.4 Å². The van der Waals surface area contributed by atoms with Gasteiger partial charge in [-0.15, -0.1) is 0 Å². The number of amidine groups is 1. The second-order valence-electron chi connectivity index (χ2n) is 9.59. The van der Waals surface area contributed by atoms with E-state index in [2.05, 4.69) is 30.1 Å². The lowest BCUT2D eigenvalue weighted by Crippen LogP contribution is -2.44. The van der Waals surface area contributed by atoms with E-state index in [1.807, 2.05) is 42.5 Å². The first-order valence-electron chi connectivity index (χ1n) is 12.0. The first-order valence-corrected chi connectivity index (χ1v) is 12.0. The van der Waals surface area contributed by atoms with Gasteiger partial charge < -0.3 is 11.1 Å². The molecular weight excluding hydrogens is 396 g/mol. The van der Waals surface area contributed by atoms with Gasteiger partial charge in [0.05, 0.1) is 0 Å². The van der Waals surface area contributed by atoms with Crippen LogP contribution < -0.4 is 11.1 Å². The highest BCUT2D eigenvalue weighted by Crippen LogP contribution is 2.38. The van der Waals surface area contributed by atoms with Gasteiger partial charge in [-0.3, -0.25) is 15.1 Å². The van der Waals surface area contributed by atoms with Crippen LogP contribution in [0.4, 0.5) is 5.69 Å². The predicted octanol–water partition coefficient (Wildman–Crippen LogP) is 4.92. The Balaban J connectivity index is 1.41. The third-order valence-corrected chi connectivity index (χ3v) is 7.50. The van der Waals surface area contributed by atoms with E-state index in [0.29, 0.717) is 30.6 Å². The lowest BCUT2D eigenvalue weighted by Gasteiger charge is -2.33. The van der Waals surface area contributed by atoms with E-state index in [0.717, 1.165) is 42.6 Å². The minimum Gasteiger partial charge on any atom is -0.387 e. The van der Waals surface area contributed by atoms with Crippen LogP contribution in [-0.4, -0.2) is 41.7 Å². The standard InChI is InChI=1S/C27H36N4O/c1-19-12-13-20(2)31(19)16-7-3-6-14-27(26(28)29)15-8-10-23(25(27)32)22-17-21-9-4-5-11-24(21)30-18-22/h4-5,8-11,15,17,19-20,30H,3,6-7,12-14,16,18H2,1-2H3,(H3,28,29). The highest BCUT2D eigenvalue weighted by atomic mass is 16.1. The summed E-state index contributed by atoms with van der Waals surface area (Å²) in [6, 6.07) is 9.44. The number of hydrogen-bond acceptors (Lipinski definition) is 4. The average Bonchev–Trinajstić information content (AvgIpc) is 3.11. The number of anilines is 1. The zero-order valence-electron chi connectivity index (χ0n) is 19.4. The highest BCUT2D eigenvalue weighted by molar-refractivity contribution is 6.19. The Labute approximate surface area is 192 Å². The van der Waals surface area contributed by atoms with E-state index in [1.54, 1.807) is 0 Å². The van der Waals surface area contributed by atoms with Crippen LogP contribution in [0.3, 0.4) is 0 Å². The zero-order valence-corrected chi connectivity index (χ0v) is 19.4. The van der Waals surface area contributed by atoms with Gasteiger partial charge in [0.1, 0.15) is 11.3 Å². The van der Waals surface area contributed by atoms with E-state index < -0.39 is 5.41 Å². The Morgan fingerprint density at radius 1 is 1.19 bits per heavy atom. The number of ketones is 1. The number of nitrogens with one attached hydrogen (secondary N) is 2. The van der Waals surface area contributed by atoms with Crippen LogP contribution in [-0.2, 0) is 4.79 Å². The maximum absolute atomic E-state index is 13.6. The second-order valence-corrected chi connectivity index (χ2v) is 9.59. The van der Waals surface area contributed by atoms with Gasteiger partial charge in [0.25, 0.3) is 0 Å². The summed E-state index contributed by atoms with van der Waals surface area (Å²) >= 11 is 0. The third-order valence-electron chi connectivity index (χ3n) is 7.50. The summed E-state index contributed by atoms with van der Waals surface area (Å²) in [5.74, 6) is -0.0855. The third kappa shape index (κ3) is 4.31. The quantitative estimate of drug-likeness (QED) is 0.309. The number of para-hydroxylation sites is 1. The molecule has 5 heteroatoms. The molecule has 0 saturated carbocycles. The molecular formula is C27H36N4O. The van der Waals surface area contributed by atoms with E-state index in [1.165, 1.54) is 12.8 Å². The summed E-state index contributed by atoms with van der Waals surface area (Å²) in [5.41, 5.74) is 8.82. The number of hydrogen-bond donors (Lipinski definition) is 3. The predicted molar refractivity (Wildman–Crippen MR) is 133 cm³/mol. The molecule has 1 aliphatic carbocycles. The Hall–Kier alpha value is -2.66. The summed E-state index contributed by atoms with van der Waals surface area (Å²) in [6.07, 6.45) is 13.9. The number of carbonyl (C=O) groups excluding carboxylic acids is 1. The van der Waals surface area contributed by atoms with Gasteiger partial charge in [-0.25, -0.2) is 0 Å². The molecule has 32 heavy (non-hydrogen) atoms. The van der Waals surface area contributed by atoms with Crippen LogP contribution in [0.2, 0.25) is 0 Å². The molecule has 0 radical (unpaired) electrons. The van der Waals surface area contributed by atoms with Crippen molar-refractivity contribution >= 4 is 23.4 Å². The van der Waals surface area contributed by atoms with E-state index in [-0.39, 0.29) is 11.6 Å². The molecule has 3 aliphatic rings. The van der Waals surface area contributed by atoms with Crippen molar-refractivity contribution in [3.05, 3.63) is 59.2 Å². The summed E-state index contributed by atoms with van der Waals surface area (Å²) in [5, 5.41) is 11.7. The molecule has 0 aromatic heterocycles. The van der Waals surface area contributed by atoms with Crippen molar-refractivity contribution < 1.29 is 4.79 Å². The molecule has 1 saturated heterocycles. The second kappa shape index (κ2) is 9.45. The fraction of sp³-hybridized carbons (Fsp3) is 0.481. The lowest BCUT2D eigenvalue weighted by molar-refractivity contribution is -0.120. The van der Waals surface area contributed by atoms with Crippen molar-refractivity contribution in [1.82, 2.24) is 4.90 Å². The number of allylic oxidation sites excluding steroid dienone is 2. The van der Waals surface area contributed by atoms with Gasteiger partial charge in [0.15, 0.2) is 5.78 Å². The summed E-state index contributed by atoms with van der Waals surface area (Å²) < 4.78 is 0. The maximum Gasteiger partial charge on any atom is 0.180 e. The van der Waals surface area contributed by atoms with Crippen LogP contribution >= 0.6 is 0 Å². The number of carbonyl (C=O) groups is 1. The molecule has 3 atom stereocenters. The van der Waals surface area contributed by atoms with Crippen molar-refractivity contribution in [2.24, 2.45) is 11.1 Å². The average molecular weight is 433 g/mol. The van der Waals surface area contributed by atoms with E-state index >= 15 is 0 Å². The largest absolute Gasteiger partial charge is 0.387 e. The monoisotopic (exact) mass is 432 g/mol. The van der Waals surface area contributed by atoms with Gasteiger partial charge in [-0.2, -0.15) is 0 Å². The van der Waals surface area contributed by atoms with Crippen LogP contribution in [0.5, 0.6) is 0 Å².